The molecule has 2 N–H and O–H groups in total. The van der Waals surface area contributed by atoms with Gasteiger partial charge in [0.2, 0.25) is 0 Å². The third-order valence-electron chi connectivity index (χ3n) is 3.93. The van der Waals surface area contributed by atoms with Crippen molar-refractivity contribution in [3.8, 4) is 0 Å². The van der Waals surface area contributed by atoms with Crippen LogP contribution in [0.1, 0.15) is 35.1 Å². The van der Waals surface area contributed by atoms with E-state index >= 15 is 0 Å². The Morgan fingerprint density at radius 3 is 2.41 bits per heavy atom. The van der Waals surface area contributed by atoms with Gasteiger partial charge in [-0.05, 0) is 42.4 Å². The number of fused-ring (bicyclic) bond motifs is 1. The minimum atomic E-state index is -0.179. The second-order valence-corrected chi connectivity index (χ2v) is 5.59. The van der Waals surface area contributed by atoms with E-state index in [2.05, 4.69) is 38.8 Å². The maximum atomic E-state index is 11.8. The van der Waals surface area contributed by atoms with E-state index in [4.69, 9.17) is 0 Å². The van der Waals surface area contributed by atoms with Gasteiger partial charge in [-0.1, -0.05) is 18.2 Å². The van der Waals surface area contributed by atoms with Crippen molar-refractivity contribution in [2.75, 3.05) is 0 Å². The second-order valence-electron chi connectivity index (χ2n) is 5.59. The highest BCUT2D eigenvalue weighted by Crippen LogP contribution is 2.22. The van der Waals surface area contributed by atoms with Crippen molar-refractivity contribution in [3.63, 3.8) is 0 Å². The molecule has 0 fully saturated rings. The van der Waals surface area contributed by atoms with Gasteiger partial charge in [0.25, 0.3) is 0 Å². The minimum absolute atomic E-state index is 0.179. The molecule has 1 heterocycles. The number of aryl methyl sites for hydroxylation is 2. The lowest BCUT2D eigenvalue weighted by Crippen LogP contribution is -2.34. The van der Waals surface area contributed by atoms with Crippen LogP contribution in [0.5, 0.6) is 0 Å². The Morgan fingerprint density at radius 2 is 1.64 bits per heavy atom. The van der Waals surface area contributed by atoms with Crippen molar-refractivity contribution in [1.29, 1.82) is 0 Å². The highest BCUT2D eigenvalue weighted by atomic mass is 16.2. The molecular formula is C17H20N4O. The van der Waals surface area contributed by atoms with Gasteiger partial charge in [0.05, 0.1) is 0 Å². The van der Waals surface area contributed by atoms with Crippen LogP contribution < -0.4 is 10.6 Å². The molecule has 0 saturated carbocycles. The van der Waals surface area contributed by atoms with Crippen molar-refractivity contribution in [3.05, 3.63) is 59.2 Å². The Hall–Kier alpha value is -2.43. The Morgan fingerprint density at radius 1 is 0.955 bits per heavy atom. The zero-order valence-electron chi connectivity index (χ0n) is 12.5. The maximum Gasteiger partial charge on any atom is 0.315 e. The van der Waals surface area contributed by atoms with E-state index in [1.54, 1.807) is 12.4 Å². The zero-order chi connectivity index (χ0) is 15.2. The van der Waals surface area contributed by atoms with Crippen LogP contribution in [0, 0.1) is 0 Å². The first-order valence-corrected chi connectivity index (χ1v) is 7.67. The summed E-state index contributed by atoms with van der Waals surface area (Å²) in [7, 11) is 0. The molecule has 5 nitrogen and oxygen atoms in total. The fourth-order valence-corrected chi connectivity index (χ4v) is 2.75. The average molecular weight is 296 g/mol. The summed E-state index contributed by atoms with van der Waals surface area (Å²) in [5.74, 6) is 0. The van der Waals surface area contributed by atoms with E-state index in [9.17, 15) is 4.79 Å². The smallest absolute Gasteiger partial charge is 0.315 e. The SMILES string of the molecule is O=C(NCc1cncnc1)NCc1ccc2c(c1)CCCC2. The van der Waals surface area contributed by atoms with Gasteiger partial charge in [-0.3, -0.25) is 0 Å². The Bertz CT molecular complexity index is 642. The van der Waals surface area contributed by atoms with Crippen LogP contribution in [0.25, 0.3) is 0 Å². The van der Waals surface area contributed by atoms with Crippen LogP contribution in [0.4, 0.5) is 4.79 Å². The van der Waals surface area contributed by atoms with Crippen molar-refractivity contribution >= 4 is 6.03 Å². The molecule has 0 atom stereocenters. The van der Waals surface area contributed by atoms with Gasteiger partial charge in [-0.25, -0.2) is 14.8 Å². The summed E-state index contributed by atoms with van der Waals surface area (Å²) in [5.41, 5.74) is 4.93. The molecule has 5 heteroatoms. The predicted molar refractivity (Wildman–Crippen MR) is 84.2 cm³/mol. The van der Waals surface area contributed by atoms with Crippen LogP contribution in [0.3, 0.4) is 0 Å². The lowest BCUT2D eigenvalue weighted by atomic mass is 9.90. The van der Waals surface area contributed by atoms with Crippen LogP contribution in [-0.4, -0.2) is 16.0 Å². The second kappa shape index (κ2) is 7.02. The molecule has 114 valence electrons. The molecular weight excluding hydrogens is 276 g/mol. The van der Waals surface area contributed by atoms with Gasteiger partial charge in [0.15, 0.2) is 0 Å². The molecule has 2 amide bonds. The number of carbonyl (C=O) groups is 1. The monoisotopic (exact) mass is 296 g/mol. The summed E-state index contributed by atoms with van der Waals surface area (Å²) in [6.45, 7) is 0.973. The summed E-state index contributed by atoms with van der Waals surface area (Å²) >= 11 is 0. The van der Waals surface area contributed by atoms with Crippen LogP contribution in [-0.2, 0) is 25.9 Å². The van der Waals surface area contributed by atoms with Gasteiger partial charge < -0.3 is 10.6 Å². The number of urea groups is 1. The van der Waals surface area contributed by atoms with Crippen molar-refractivity contribution in [1.82, 2.24) is 20.6 Å². The van der Waals surface area contributed by atoms with Gasteiger partial charge in [0.1, 0.15) is 6.33 Å². The Kier molecular flexibility index (Phi) is 4.63. The van der Waals surface area contributed by atoms with Crippen LogP contribution in [0.15, 0.2) is 36.9 Å². The van der Waals surface area contributed by atoms with Gasteiger partial charge >= 0.3 is 6.03 Å². The molecule has 0 spiro atoms. The molecule has 1 aromatic carbocycles. The highest BCUT2D eigenvalue weighted by Gasteiger charge is 2.09. The minimum Gasteiger partial charge on any atom is -0.334 e. The van der Waals surface area contributed by atoms with E-state index in [-0.39, 0.29) is 6.03 Å². The third-order valence-corrected chi connectivity index (χ3v) is 3.93. The number of hydrogen-bond acceptors (Lipinski definition) is 3. The molecule has 1 aliphatic rings. The van der Waals surface area contributed by atoms with Crippen LogP contribution >= 0.6 is 0 Å². The number of rotatable bonds is 4. The van der Waals surface area contributed by atoms with Crippen molar-refractivity contribution < 1.29 is 4.79 Å². The lowest BCUT2D eigenvalue weighted by Gasteiger charge is -2.16. The molecule has 0 radical (unpaired) electrons. The van der Waals surface area contributed by atoms with E-state index in [1.165, 1.54) is 36.7 Å². The number of hydrogen-bond donors (Lipinski definition) is 2. The Balaban J connectivity index is 1.48. The number of benzene rings is 1. The largest absolute Gasteiger partial charge is 0.334 e. The zero-order valence-corrected chi connectivity index (χ0v) is 12.5. The molecule has 0 aliphatic heterocycles. The summed E-state index contributed by atoms with van der Waals surface area (Å²) in [6.07, 6.45) is 9.75. The Labute approximate surface area is 130 Å². The predicted octanol–water partition coefficient (Wildman–Crippen LogP) is 2.35. The molecule has 1 aliphatic carbocycles. The van der Waals surface area contributed by atoms with Crippen molar-refractivity contribution in [2.24, 2.45) is 0 Å². The van der Waals surface area contributed by atoms with Crippen LogP contribution in [0.2, 0.25) is 0 Å². The van der Waals surface area contributed by atoms with Gasteiger partial charge in [-0.15, -0.1) is 0 Å². The number of nitrogens with one attached hydrogen (secondary N) is 2. The molecule has 3 rings (SSSR count). The number of amides is 2. The number of aromatic nitrogens is 2. The topological polar surface area (TPSA) is 66.9 Å². The molecule has 1 aromatic heterocycles. The molecule has 0 bridgehead atoms. The summed E-state index contributed by atoms with van der Waals surface area (Å²) < 4.78 is 0. The molecule has 0 unspecified atom stereocenters. The van der Waals surface area contributed by atoms with E-state index in [1.807, 2.05) is 0 Å². The normalized spacial score (nSPS) is 13.3. The molecule has 0 saturated heterocycles. The summed E-state index contributed by atoms with van der Waals surface area (Å²) in [4.78, 5) is 19.6. The fraction of sp³-hybridized carbons (Fsp3) is 0.353. The lowest BCUT2D eigenvalue weighted by molar-refractivity contribution is 0.240. The quantitative estimate of drug-likeness (QED) is 0.910. The van der Waals surface area contributed by atoms with Gasteiger partial charge in [-0.2, -0.15) is 0 Å². The maximum absolute atomic E-state index is 11.8. The average Bonchev–Trinajstić information content (AvgIpc) is 2.59. The first-order valence-electron chi connectivity index (χ1n) is 7.67. The van der Waals surface area contributed by atoms with Gasteiger partial charge in [0, 0.05) is 31.0 Å². The summed E-state index contributed by atoms with van der Waals surface area (Å²) in [5, 5.41) is 5.69. The highest BCUT2D eigenvalue weighted by molar-refractivity contribution is 5.73. The first-order chi connectivity index (χ1) is 10.8. The van der Waals surface area contributed by atoms with E-state index < -0.39 is 0 Å². The first kappa shape index (κ1) is 14.5. The molecule has 2 aromatic rings. The molecule has 22 heavy (non-hydrogen) atoms. The summed E-state index contributed by atoms with van der Waals surface area (Å²) in [6, 6.07) is 6.35. The third kappa shape index (κ3) is 3.81. The fourth-order valence-electron chi connectivity index (χ4n) is 2.75. The number of carbonyl (C=O) groups excluding carboxylic acids is 1. The standard InChI is InChI=1S/C17H20N4O/c22-17(21-11-14-8-18-12-19-9-14)20-10-13-5-6-15-3-1-2-4-16(15)7-13/h5-9,12H,1-4,10-11H2,(H2,20,21,22). The van der Waals surface area contributed by atoms with E-state index in [0.29, 0.717) is 13.1 Å². The van der Waals surface area contributed by atoms with Crippen molar-refractivity contribution in [2.45, 2.75) is 38.8 Å². The number of nitrogens with zero attached hydrogens (tertiary/aromatic N) is 2. The van der Waals surface area contributed by atoms with E-state index in [0.717, 1.165) is 17.5 Å².